The Morgan fingerprint density at radius 1 is 1.25 bits per heavy atom. The van der Waals surface area contributed by atoms with Gasteiger partial charge < -0.3 is 4.79 Å². The van der Waals surface area contributed by atoms with Gasteiger partial charge in [0.15, 0.2) is 0 Å². The fourth-order valence-corrected chi connectivity index (χ4v) is 3.40. The minimum atomic E-state index is -0.271. The Balaban J connectivity index is 2.03. The van der Waals surface area contributed by atoms with Crippen molar-refractivity contribution in [3.05, 3.63) is 58.7 Å². The first-order chi connectivity index (χ1) is 11.6. The van der Waals surface area contributed by atoms with E-state index in [0.717, 1.165) is 23.8 Å². The first kappa shape index (κ1) is 16.7. The van der Waals surface area contributed by atoms with Crippen LogP contribution >= 0.6 is 11.6 Å². The molecule has 124 valence electrons. The highest BCUT2D eigenvalue weighted by Crippen LogP contribution is 2.39. The molecule has 5 heteroatoms. The van der Waals surface area contributed by atoms with Crippen LogP contribution in [0.1, 0.15) is 36.4 Å². The van der Waals surface area contributed by atoms with E-state index in [1.165, 1.54) is 0 Å². The van der Waals surface area contributed by atoms with Crippen LogP contribution in [0.3, 0.4) is 0 Å². The molecular weight excluding hydrogens is 324 g/mol. The number of nitrogens with zero attached hydrogens (tertiary/aromatic N) is 2. The second-order valence-electron chi connectivity index (χ2n) is 6.10. The van der Waals surface area contributed by atoms with Crippen molar-refractivity contribution in [2.24, 2.45) is 5.92 Å². The molecular formula is C19H19ClN2O2. The van der Waals surface area contributed by atoms with Gasteiger partial charge in [0.25, 0.3) is 0 Å². The lowest BCUT2D eigenvalue weighted by Gasteiger charge is -2.39. The van der Waals surface area contributed by atoms with E-state index < -0.39 is 0 Å². The van der Waals surface area contributed by atoms with E-state index in [1.54, 1.807) is 11.1 Å². The number of aryl methyl sites for hydroxylation is 1. The lowest BCUT2D eigenvalue weighted by atomic mass is 9.86. The van der Waals surface area contributed by atoms with Crippen molar-refractivity contribution in [2.45, 2.75) is 32.2 Å². The number of piperidine rings is 1. The van der Waals surface area contributed by atoms with Crippen LogP contribution in [0.2, 0.25) is 5.02 Å². The number of aldehydes is 1. The van der Waals surface area contributed by atoms with E-state index in [4.69, 9.17) is 11.6 Å². The largest absolute Gasteiger partial charge is 0.303 e. The highest BCUT2D eigenvalue weighted by molar-refractivity contribution is 6.30. The molecule has 1 aromatic carbocycles. The second-order valence-corrected chi connectivity index (χ2v) is 6.53. The van der Waals surface area contributed by atoms with Crippen molar-refractivity contribution in [3.8, 4) is 0 Å². The van der Waals surface area contributed by atoms with Crippen LogP contribution in [-0.4, -0.2) is 17.2 Å². The molecule has 0 saturated carbocycles. The summed E-state index contributed by atoms with van der Waals surface area (Å²) in [6.45, 7) is 1.94. The molecule has 2 aromatic rings. The van der Waals surface area contributed by atoms with Crippen molar-refractivity contribution < 1.29 is 9.59 Å². The average Bonchev–Trinajstić information content (AvgIpc) is 2.58. The molecule has 0 bridgehead atoms. The maximum atomic E-state index is 13.0. The summed E-state index contributed by atoms with van der Waals surface area (Å²) in [6.07, 6.45) is 4.27. The molecule has 0 N–H and O–H groups in total. The topological polar surface area (TPSA) is 50.3 Å². The number of pyridine rings is 1. The summed E-state index contributed by atoms with van der Waals surface area (Å²) in [5, 5.41) is 0.667. The van der Waals surface area contributed by atoms with Crippen LogP contribution < -0.4 is 4.90 Å². The highest BCUT2D eigenvalue weighted by Gasteiger charge is 2.37. The number of hydrogen-bond acceptors (Lipinski definition) is 3. The molecule has 0 spiro atoms. The first-order valence-corrected chi connectivity index (χ1v) is 8.43. The fourth-order valence-electron chi connectivity index (χ4n) is 3.28. The molecule has 1 aliphatic rings. The molecule has 0 radical (unpaired) electrons. The number of hydrogen-bond donors (Lipinski definition) is 0. The summed E-state index contributed by atoms with van der Waals surface area (Å²) in [5.74, 6) is 0.362. The maximum Gasteiger partial charge on any atom is 0.232 e. The summed E-state index contributed by atoms with van der Waals surface area (Å²) < 4.78 is 0. The van der Waals surface area contributed by atoms with Crippen LogP contribution in [-0.2, 0) is 9.59 Å². The van der Waals surface area contributed by atoms with E-state index >= 15 is 0 Å². The third kappa shape index (κ3) is 3.20. The van der Waals surface area contributed by atoms with Gasteiger partial charge in [-0.15, -0.1) is 0 Å². The smallest absolute Gasteiger partial charge is 0.232 e. The zero-order chi connectivity index (χ0) is 17.1. The molecule has 24 heavy (non-hydrogen) atoms. The van der Waals surface area contributed by atoms with E-state index in [2.05, 4.69) is 4.98 Å². The van der Waals surface area contributed by atoms with E-state index in [-0.39, 0.29) is 24.3 Å². The number of amides is 1. The van der Waals surface area contributed by atoms with Crippen LogP contribution in [0.15, 0.2) is 42.6 Å². The quantitative estimate of drug-likeness (QED) is 0.785. The lowest BCUT2D eigenvalue weighted by molar-refractivity contribution is -0.126. The van der Waals surface area contributed by atoms with Crippen LogP contribution in [0.5, 0.6) is 0 Å². The van der Waals surface area contributed by atoms with Gasteiger partial charge >= 0.3 is 0 Å². The zero-order valence-corrected chi connectivity index (χ0v) is 14.2. The van der Waals surface area contributed by atoms with Gasteiger partial charge in [-0.2, -0.15) is 0 Å². The van der Waals surface area contributed by atoms with E-state index in [9.17, 15) is 9.59 Å². The van der Waals surface area contributed by atoms with Gasteiger partial charge in [-0.3, -0.25) is 9.69 Å². The Morgan fingerprint density at radius 3 is 2.67 bits per heavy atom. The Kier molecular flexibility index (Phi) is 4.95. The monoisotopic (exact) mass is 342 g/mol. The summed E-state index contributed by atoms with van der Waals surface area (Å²) in [4.78, 5) is 30.1. The summed E-state index contributed by atoms with van der Waals surface area (Å²) >= 11 is 5.99. The van der Waals surface area contributed by atoms with Crippen molar-refractivity contribution in [2.75, 3.05) is 4.90 Å². The molecule has 2 atom stereocenters. The predicted molar refractivity (Wildman–Crippen MR) is 94.1 cm³/mol. The number of halogens is 1. The first-order valence-electron chi connectivity index (χ1n) is 8.05. The lowest BCUT2D eigenvalue weighted by Crippen LogP contribution is -2.44. The minimum Gasteiger partial charge on any atom is -0.303 e. The standard InChI is InChI=1S/C19H19ClN2O2/c1-13-3-2-11-21-18(13)22-17(14-4-7-16(20)8-5-14)9-6-15(10-12-23)19(22)24/h2-5,7-8,11-12,15,17H,6,9-10H2,1H3/t15?,17-/m0/s1. The number of aromatic nitrogens is 1. The minimum absolute atomic E-state index is 0.0323. The molecule has 4 nitrogen and oxygen atoms in total. The predicted octanol–water partition coefficient (Wildman–Crippen LogP) is 4.12. The fraction of sp³-hybridized carbons (Fsp3) is 0.316. The van der Waals surface area contributed by atoms with Gasteiger partial charge in [-0.05, 0) is 49.1 Å². The summed E-state index contributed by atoms with van der Waals surface area (Å²) in [6, 6.07) is 11.3. The summed E-state index contributed by atoms with van der Waals surface area (Å²) in [5.41, 5.74) is 1.97. The SMILES string of the molecule is Cc1cccnc1N1C(=O)C(CC=O)CC[C@H]1c1ccc(Cl)cc1. The Labute approximate surface area is 146 Å². The van der Waals surface area contributed by atoms with Gasteiger partial charge in [0.1, 0.15) is 12.1 Å². The van der Waals surface area contributed by atoms with Gasteiger partial charge in [0.05, 0.1) is 6.04 Å². The third-order valence-electron chi connectivity index (χ3n) is 4.53. The van der Waals surface area contributed by atoms with Crippen molar-refractivity contribution >= 4 is 29.6 Å². The third-order valence-corrected chi connectivity index (χ3v) is 4.78. The normalized spacial score (nSPS) is 20.9. The molecule has 1 unspecified atom stereocenters. The molecule has 2 heterocycles. The maximum absolute atomic E-state index is 13.0. The van der Waals surface area contributed by atoms with Gasteiger partial charge in [0.2, 0.25) is 5.91 Å². The van der Waals surface area contributed by atoms with Crippen molar-refractivity contribution in [1.82, 2.24) is 4.98 Å². The highest BCUT2D eigenvalue weighted by atomic mass is 35.5. The Bertz CT molecular complexity index is 745. The van der Waals surface area contributed by atoms with Gasteiger partial charge in [-0.25, -0.2) is 4.98 Å². The molecule has 0 aliphatic carbocycles. The van der Waals surface area contributed by atoms with E-state index in [1.807, 2.05) is 43.3 Å². The molecule has 1 aliphatic heterocycles. The van der Waals surface area contributed by atoms with E-state index in [0.29, 0.717) is 17.3 Å². The van der Waals surface area contributed by atoms with Crippen LogP contribution in [0, 0.1) is 12.8 Å². The number of carbonyl (C=O) groups excluding carboxylic acids is 2. The van der Waals surface area contributed by atoms with Gasteiger partial charge in [-0.1, -0.05) is 29.8 Å². The second kappa shape index (κ2) is 7.14. The van der Waals surface area contributed by atoms with Crippen LogP contribution in [0.25, 0.3) is 0 Å². The molecule has 3 rings (SSSR count). The number of carbonyl (C=O) groups is 2. The molecule has 1 saturated heterocycles. The number of benzene rings is 1. The molecule has 1 aromatic heterocycles. The van der Waals surface area contributed by atoms with Crippen LogP contribution in [0.4, 0.5) is 5.82 Å². The molecule has 1 amide bonds. The van der Waals surface area contributed by atoms with Crippen molar-refractivity contribution in [3.63, 3.8) is 0 Å². The van der Waals surface area contributed by atoms with Gasteiger partial charge in [0, 0.05) is 23.6 Å². The average molecular weight is 343 g/mol. The zero-order valence-electron chi connectivity index (χ0n) is 13.5. The van der Waals surface area contributed by atoms with Crippen molar-refractivity contribution in [1.29, 1.82) is 0 Å². The number of anilines is 1. The molecule has 1 fully saturated rings. The summed E-state index contributed by atoms with van der Waals surface area (Å²) in [7, 11) is 0. The number of rotatable bonds is 4. The Hall–Kier alpha value is -2.20. The Morgan fingerprint density at radius 2 is 2.00 bits per heavy atom.